The van der Waals surface area contributed by atoms with Crippen molar-refractivity contribution in [2.75, 3.05) is 19.0 Å². The fraction of sp³-hybridized carbons (Fsp3) is 0.190. The Morgan fingerprint density at radius 1 is 1.17 bits per heavy atom. The van der Waals surface area contributed by atoms with E-state index in [1.54, 1.807) is 48.9 Å². The molecule has 0 saturated heterocycles. The SMILES string of the molecule is COC(=O)c1cccc(NCC(=O)N2N=C(c3ccco3)CC2c2ccco2)c1. The molecule has 8 heteroatoms. The summed E-state index contributed by atoms with van der Waals surface area (Å²) < 4.78 is 15.7. The third-order valence-electron chi connectivity index (χ3n) is 4.57. The molecule has 2 aromatic heterocycles. The van der Waals surface area contributed by atoms with Crippen LogP contribution in [0.5, 0.6) is 0 Å². The molecule has 3 heterocycles. The number of carbonyl (C=O) groups is 2. The van der Waals surface area contributed by atoms with Crippen LogP contribution < -0.4 is 5.32 Å². The predicted molar refractivity (Wildman–Crippen MR) is 104 cm³/mol. The minimum Gasteiger partial charge on any atom is -0.467 e. The van der Waals surface area contributed by atoms with E-state index in [9.17, 15) is 9.59 Å². The van der Waals surface area contributed by atoms with E-state index in [4.69, 9.17) is 13.6 Å². The number of ether oxygens (including phenoxy) is 1. The first-order valence-corrected chi connectivity index (χ1v) is 9.05. The van der Waals surface area contributed by atoms with Crippen LogP contribution in [-0.2, 0) is 9.53 Å². The topological polar surface area (TPSA) is 97.3 Å². The summed E-state index contributed by atoms with van der Waals surface area (Å²) in [6.45, 7) is -0.00321. The zero-order chi connectivity index (χ0) is 20.2. The van der Waals surface area contributed by atoms with Crippen molar-refractivity contribution in [2.24, 2.45) is 5.10 Å². The molecule has 0 bridgehead atoms. The van der Waals surface area contributed by atoms with E-state index in [1.165, 1.54) is 12.1 Å². The van der Waals surface area contributed by atoms with Gasteiger partial charge in [0.1, 0.15) is 23.3 Å². The number of anilines is 1. The number of nitrogens with one attached hydrogen (secondary N) is 1. The summed E-state index contributed by atoms with van der Waals surface area (Å²) in [6, 6.07) is 13.6. The van der Waals surface area contributed by atoms with Gasteiger partial charge in [-0.3, -0.25) is 4.79 Å². The second-order valence-corrected chi connectivity index (χ2v) is 6.42. The number of nitrogens with zero attached hydrogens (tertiary/aromatic N) is 2. The molecular weight excluding hydrogens is 374 g/mol. The van der Waals surface area contributed by atoms with Gasteiger partial charge >= 0.3 is 5.97 Å². The molecule has 0 fully saturated rings. The highest BCUT2D eigenvalue weighted by Crippen LogP contribution is 2.33. The van der Waals surface area contributed by atoms with Crippen LogP contribution in [0.25, 0.3) is 0 Å². The lowest BCUT2D eigenvalue weighted by atomic mass is 10.1. The summed E-state index contributed by atoms with van der Waals surface area (Å²) in [5.74, 6) is 0.591. The quantitative estimate of drug-likeness (QED) is 0.644. The number of benzene rings is 1. The third-order valence-corrected chi connectivity index (χ3v) is 4.57. The van der Waals surface area contributed by atoms with Crippen molar-refractivity contribution in [3.8, 4) is 0 Å². The molecule has 0 saturated carbocycles. The maximum Gasteiger partial charge on any atom is 0.337 e. The number of hydrogen-bond donors (Lipinski definition) is 1. The number of esters is 1. The zero-order valence-electron chi connectivity index (χ0n) is 15.7. The lowest BCUT2D eigenvalue weighted by Gasteiger charge is -2.20. The largest absolute Gasteiger partial charge is 0.467 e. The smallest absolute Gasteiger partial charge is 0.337 e. The average Bonchev–Trinajstić information content (AvgIpc) is 3.51. The number of hydrazone groups is 1. The van der Waals surface area contributed by atoms with Crippen LogP contribution in [0.15, 0.2) is 75.0 Å². The molecule has 3 aromatic rings. The van der Waals surface area contributed by atoms with Crippen LogP contribution in [-0.4, -0.2) is 36.3 Å². The molecule has 29 heavy (non-hydrogen) atoms. The van der Waals surface area contributed by atoms with E-state index in [-0.39, 0.29) is 18.5 Å². The van der Waals surface area contributed by atoms with Crippen molar-refractivity contribution in [3.05, 3.63) is 78.1 Å². The van der Waals surface area contributed by atoms with E-state index in [1.807, 2.05) is 12.1 Å². The van der Waals surface area contributed by atoms with Gasteiger partial charge in [0.05, 0.1) is 31.7 Å². The van der Waals surface area contributed by atoms with Gasteiger partial charge in [0.2, 0.25) is 0 Å². The van der Waals surface area contributed by atoms with Gasteiger partial charge in [-0.1, -0.05) is 6.07 Å². The lowest BCUT2D eigenvalue weighted by Crippen LogP contribution is -2.32. The van der Waals surface area contributed by atoms with Crippen LogP contribution in [0, 0.1) is 0 Å². The van der Waals surface area contributed by atoms with Gasteiger partial charge in [-0.05, 0) is 42.5 Å². The highest BCUT2D eigenvalue weighted by Gasteiger charge is 2.35. The Kier molecular flexibility index (Phi) is 5.15. The van der Waals surface area contributed by atoms with Crippen molar-refractivity contribution in [1.82, 2.24) is 5.01 Å². The second kappa shape index (κ2) is 8.05. The number of amides is 1. The van der Waals surface area contributed by atoms with Crippen molar-refractivity contribution in [1.29, 1.82) is 0 Å². The molecule has 1 aliphatic heterocycles. The van der Waals surface area contributed by atoms with Crippen molar-refractivity contribution >= 4 is 23.3 Å². The summed E-state index contributed by atoms with van der Waals surface area (Å²) in [4.78, 5) is 24.6. The molecule has 1 atom stereocenters. The van der Waals surface area contributed by atoms with Gasteiger partial charge in [0.25, 0.3) is 5.91 Å². The van der Waals surface area contributed by atoms with E-state index in [0.717, 1.165) is 0 Å². The van der Waals surface area contributed by atoms with E-state index < -0.39 is 5.97 Å². The molecule has 4 rings (SSSR count). The first kappa shape index (κ1) is 18.5. The zero-order valence-corrected chi connectivity index (χ0v) is 15.7. The molecule has 1 amide bonds. The van der Waals surface area contributed by atoms with Crippen LogP contribution >= 0.6 is 0 Å². The monoisotopic (exact) mass is 393 g/mol. The van der Waals surface area contributed by atoms with Crippen LogP contribution in [0.1, 0.15) is 34.3 Å². The summed E-state index contributed by atoms with van der Waals surface area (Å²) in [5.41, 5.74) is 1.71. The molecule has 1 unspecified atom stereocenters. The molecule has 148 valence electrons. The van der Waals surface area contributed by atoms with Gasteiger partial charge in [-0.25, -0.2) is 9.80 Å². The number of furan rings is 2. The molecule has 0 spiro atoms. The minimum absolute atomic E-state index is 0.00321. The second-order valence-electron chi connectivity index (χ2n) is 6.42. The molecule has 0 aliphatic carbocycles. The van der Waals surface area contributed by atoms with Gasteiger partial charge in [-0.2, -0.15) is 5.10 Å². The molecule has 0 radical (unpaired) electrons. The maximum absolute atomic E-state index is 12.9. The van der Waals surface area contributed by atoms with Crippen LogP contribution in [0.3, 0.4) is 0 Å². The number of rotatable bonds is 6. The summed E-state index contributed by atoms with van der Waals surface area (Å²) in [7, 11) is 1.32. The number of methoxy groups -OCH3 is 1. The van der Waals surface area contributed by atoms with Crippen molar-refractivity contribution in [2.45, 2.75) is 12.5 Å². The Bertz CT molecular complexity index is 1020. The lowest BCUT2D eigenvalue weighted by molar-refractivity contribution is -0.131. The van der Waals surface area contributed by atoms with Crippen LogP contribution in [0.2, 0.25) is 0 Å². The molecule has 1 aliphatic rings. The van der Waals surface area contributed by atoms with Gasteiger partial charge in [0, 0.05) is 12.1 Å². The van der Waals surface area contributed by atoms with E-state index >= 15 is 0 Å². The summed E-state index contributed by atoms with van der Waals surface area (Å²) in [6.07, 6.45) is 3.63. The standard InChI is InChI=1S/C21H19N3O5/c1-27-21(26)14-5-2-6-15(11-14)22-13-20(25)24-17(19-8-4-10-29-19)12-16(23-24)18-7-3-9-28-18/h2-11,17,22H,12-13H2,1H3. The van der Waals surface area contributed by atoms with Gasteiger partial charge in [0.15, 0.2) is 0 Å². The van der Waals surface area contributed by atoms with Crippen molar-refractivity contribution < 1.29 is 23.2 Å². The Labute approximate surface area is 166 Å². The molecule has 8 nitrogen and oxygen atoms in total. The number of hydrogen-bond acceptors (Lipinski definition) is 7. The third kappa shape index (κ3) is 3.91. The Morgan fingerprint density at radius 2 is 2.00 bits per heavy atom. The molecule has 1 N–H and O–H groups in total. The first-order valence-electron chi connectivity index (χ1n) is 9.05. The van der Waals surface area contributed by atoms with Crippen molar-refractivity contribution in [3.63, 3.8) is 0 Å². The maximum atomic E-state index is 12.9. The fourth-order valence-corrected chi connectivity index (χ4v) is 3.17. The Hall–Kier alpha value is -3.81. The highest BCUT2D eigenvalue weighted by atomic mass is 16.5. The highest BCUT2D eigenvalue weighted by molar-refractivity contribution is 6.01. The fourth-order valence-electron chi connectivity index (χ4n) is 3.17. The Balaban J connectivity index is 1.50. The van der Waals surface area contributed by atoms with Crippen LogP contribution in [0.4, 0.5) is 5.69 Å². The van der Waals surface area contributed by atoms with E-state index in [2.05, 4.69) is 10.4 Å². The first-order chi connectivity index (χ1) is 14.2. The van der Waals surface area contributed by atoms with Gasteiger partial charge in [-0.15, -0.1) is 0 Å². The predicted octanol–water partition coefficient (Wildman–Crippen LogP) is 3.45. The summed E-state index contributed by atoms with van der Waals surface area (Å²) >= 11 is 0. The molecular formula is C21H19N3O5. The van der Waals surface area contributed by atoms with Gasteiger partial charge < -0.3 is 18.9 Å². The summed E-state index contributed by atoms with van der Waals surface area (Å²) in [5, 5.41) is 8.92. The van der Waals surface area contributed by atoms with E-state index in [0.29, 0.717) is 34.9 Å². The normalized spacial score (nSPS) is 15.8. The Morgan fingerprint density at radius 3 is 2.72 bits per heavy atom. The minimum atomic E-state index is -0.440. The number of carbonyl (C=O) groups excluding carboxylic acids is 2. The average molecular weight is 393 g/mol. The molecule has 1 aromatic carbocycles.